The minimum Gasteiger partial charge on any atom is -0.340 e. The first-order valence-electron chi connectivity index (χ1n) is 8.36. The topological polar surface area (TPSA) is 136 Å². The third kappa shape index (κ3) is 5.11. The number of aromatic amines is 1. The Hall–Kier alpha value is -2.78. The van der Waals surface area contributed by atoms with Crippen molar-refractivity contribution in [2.75, 3.05) is 0 Å². The largest absolute Gasteiger partial charge is 0.340 e. The molecule has 3 aromatic rings. The van der Waals surface area contributed by atoms with Crippen LogP contribution in [0.4, 0.5) is 0 Å². The van der Waals surface area contributed by atoms with Gasteiger partial charge in [-0.3, -0.25) is 9.89 Å². The molecule has 9 nitrogen and oxygen atoms in total. The maximum absolute atomic E-state index is 12.6. The Labute approximate surface area is 162 Å². The number of nitrogens with zero attached hydrogens (tertiary/aromatic N) is 4. The Balaban J connectivity index is 0.00000261. The second-order valence-electron chi connectivity index (χ2n) is 6.35. The standard InChI is InChI=1S/C17H21N7O2.ClH/c1-10(2)7-13(17-22-15(24-26-17)14-19-9-20-23-14)21-16(25)12-5-3-11(8-18)4-6-12;/h3-6,9-10,13H,7-8,18H2,1-2H3,(H,21,25)(H,19,20,23);1H. The summed E-state index contributed by atoms with van der Waals surface area (Å²) in [6, 6.07) is 6.76. The molecule has 10 heteroatoms. The summed E-state index contributed by atoms with van der Waals surface area (Å²) in [4.78, 5) is 20.9. The highest BCUT2D eigenvalue weighted by Gasteiger charge is 2.24. The zero-order valence-corrected chi connectivity index (χ0v) is 15.9. The minimum absolute atomic E-state index is 0. The van der Waals surface area contributed by atoms with Crippen LogP contribution in [0.2, 0.25) is 0 Å². The number of H-pyrrole nitrogens is 1. The highest BCUT2D eigenvalue weighted by molar-refractivity contribution is 5.94. The quantitative estimate of drug-likeness (QED) is 0.561. The summed E-state index contributed by atoms with van der Waals surface area (Å²) in [6.45, 7) is 4.55. The normalized spacial score (nSPS) is 11.9. The van der Waals surface area contributed by atoms with Gasteiger partial charge in [0.1, 0.15) is 12.4 Å². The van der Waals surface area contributed by atoms with Crippen molar-refractivity contribution in [2.45, 2.75) is 32.9 Å². The Morgan fingerprint density at radius 3 is 2.63 bits per heavy atom. The van der Waals surface area contributed by atoms with Crippen molar-refractivity contribution >= 4 is 18.3 Å². The van der Waals surface area contributed by atoms with Crippen LogP contribution >= 0.6 is 12.4 Å². The molecule has 1 atom stereocenters. The first-order valence-corrected chi connectivity index (χ1v) is 8.36. The number of halogens is 1. The maximum atomic E-state index is 12.6. The molecule has 4 N–H and O–H groups in total. The molecule has 0 bridgehead atoms. The fourth-order valence-corrected chi connectivity index (χ4v) is 2.51. The third-order valence-corrected chi connectivity index (χ3v) is 3.83. The number of nitrogens with one attached hydrogen (secondary N) is 2. The van der Waals surface area contributed by atoms with Gasteiger partial charge >= 0.3 is 0 Å². The molecule has 0 fully saturated rings. The molecule has 3 rings (SSSR count). The Morgan fingerprint density at radius 1 is 1.30 bits per heavy atom. The van der Waals surface area contributed by atoms with Crippen molar-refractivity contribution < 1.29 is 9.32 Å². The molecule has 1 aromatic carbocycles. The van der Waals surface area contributed by atoms with E-state index in [1.165, 1.54) is 6.33 Å². The molecule has 27 heavy (non-hydrogen) atoms. The summed E-state index contributed by atoms with van der Waals surface area (Å²) < 4.78 is 5.34. The lowest BCUT2D eigenvalue weighted by Crippen LogP contribution is -2.29. The Kier molecular flexibility index (Phi) is 7.03. The van der Waals surface area contributed by atoms with E-state index in [0.29, 0.717) is 42.0 Å². The van der Waals surface area contributed by atoms with E-state index in [1.807, 2.05) is 12.1 Å². The molecule has 0 aliphatic heterocycles. The van der Waals surface area contributed by atoms with Crippen LogP contribution < -0.4 is 11.1 Å². The lowest BCUT2D eigenvalue weighted by molar-refractivity contribution is 0.0922. The van der Waals surface area contributed by atoms with Gasteiger partial charge in [-0.1, -0.05) is 31.1 Å². The van der Waals surface area contributed by atoms with Gasteiger partial charge in [0.05, 0.1) is 0 Å². The second-order valence-corrected chi connectivity index (χ2v) is 6.35. The fourth-order valence-electron chi connectivity index (χ4n) is 2.51. The molecule has 1 unspecified atom stereocenters. The van der Waals surface area contributed by atoms with Crippen LogP contribution in [0.15, 0.2) is 35.1 Å². The van der Waals surface area contributed by atoms with Crippen molar-refractivity contribution in [1.82, 2.24) is 30.6 Å². The zero-order valence-electron chi connectivity index (χ0n) is 15.0. The van der Waals surface area contributed by atoms with Crippen molar-refractivity contribution in [2.24, 2.45) is 11.7 Å². The number of carbonyl (C=O) groups excluding carboxylic acids is 1. The number of rotatable bonds is 7. The molecule has 0 aliphatic rings. The van der Waals surface area contributed by atoms with Crippen molar-refractivity contribution in [1.29, 1.82) is 0 Å². The lowest BCUT2D eigenvalue weighted by atomic mass is 10.0. The van der Waals surface area contributed by atoms with E-state index in [4.69, 9.17) is 10.3 Å². The first-order chi connectivity index (χ1) is 12.6. The fraction of sp³-hybridized carbons (Fsp3) is 0.353. The van der Waals surface area contributed by atoms with Gasteiger partial charge in [0.15, 0.2) is 5.82 Å². The number of hydrogen-bond donors (Lipinski definition) is 3. The molecule has 0 saturated carbocycles. The van der Waals surface area contributed by atoms with Gasteiger partial charge in [-0.15, -0.1) is 12.4 Å². The third-order valence-electron chi connectivity index (χ3n) is 3.83. The molecular formula is C17H22ClN7O2. The molecule has 0 saturated heterocycles. The monoisotopic (exact) mass is 391 g/mol. The van der Waals surface area contributed by atoms with Gasteiger partial charge in [-0.05, 0) is 30.0 Å². The second kappa shape index (κ2) is 9.24. The average Bonchev–Trinajstić information content (AvgIpc) is 3.32. The van der Waals surface area contributed by atoms with Gasteiger partial charge in [-0.25, -0.2) is 4.98 Å². The van der Waals surface area contributed by atoms with E-state index in [-0.39, 0.29) is 18.3 Å². The van der Waals surface area contributed by atoms with Gasteiger partial charge in [0, 0.05) is 12.1 Å². The van der Waals surface area contributed by atoms with Crippen LogP contribution in [0.5, 0.6) is 0 Å². The summed E-state index contributed by atoms with van der Waals surface area (Å²) in [6.07, 6.45) is 2.02. The number of nitrogens with two attached hydrogens (primary N) is 1. The minimum atomic E-state index is -0.402. The number of carbonyl (C=O) groups is 1. The highest BCUT2D eigenvalue weighted by Crippen LogP contribution is 2.22. The van der Waals surface area contributed by atoms with Crippen LogP contribution in [0, 0.1) is 5.92 Å². The Bertz CT molecular complexity index is 847. The molecule has 0 spiro atoms. The highest BCUT2D eigenvalue weighted by atomic mass is 35.5. The predicted octanol–water partition coefficient (Wildman–Crippen LogP) is 2.25. The molecule has 144 valence electrons. The van der Waals surface area contributed by atoms with E-state index in [0.717, 1.165) is 5.56 Å². The Morgan fingerprint density at radius 2 is 2.04 bits per heavy atom. The summed E-state index contributed by atoms with van der Waals surface area (Å²) in [5, 5.41) is 13.3. The number of hydrogen-bond acceptors (Lipinski definition) is 7. The summed E-state index contributed by atoms with van der Waals surface area (Å²) in [5.41, 5.74) is 7.10. The van der Waals surface area contributed by atoms with Gasteiger partial charge < -0.3 is 15.6 Å². The van der Waals surface area contributed by atoms with Crippen molar-refractivity contribution in [3.8, 4) is 11.6 Å². The van der Waals surface area contributed by atoms with E-state index in [9.17, 15) is 4.79 Å². The van der Waals surface area contributed by atoms with Gasteiger partial charge in [0.25, 0.3) is 5.91 Å². The van der Waals surface area contributed by atoms with Crippen LogP contribution in [-0.2, 0) is 6.54 Å². The first kappa shape index (κ1) is 20.5. The van der Waals surface area contributed by atoms with E-state index in [1.54, 1.807) is 12.1 Å². The summed E-state index contributed by atoms with van der Waals surface area (Å²) in [5.74, 6) is 1.15. The SMILES string of the molecule is CC(C)CC(NC(=O)c1ccc(CN)cc1)c1nc(-c2ncn[nH]2)no1.Cl. The van der Waals surface area contributed by atoms with Crippen LogP contribution in [0.25, 0.3) is 11.6 Å². The molecular weight excluding hydrogens is 370 g/mol. The van der Waals surface area contributed by atoms with Crippen molar-refractivity contribution in [3.63, 3.8) is 0 Å². The maximum Gasteiger partial charge on any atom is 0.251 e. The van der Waals surface area contributed by atoms with E-state index >= 15 is 0 Å². The molecule has 0 radical (unpaired) electrons. The summed E-state index contributed by atoms with van der Waals surface area (Å²) >= 11 is 0. The number of benzene rings is 1. The molecule has 2 heterocycles. The summed E-state index contributed by atoms with van der Waals surface area (Å²) in [7, 11) is 0. The zero-order chi connectivity index (χ0) is 18.5. The molecule has 2 aromatic heterocycles. The van der Waals surface area contributed by atoms with Crippen LogP contribution in [0.3, 0.4) is 0 Å². The van der Waals surface area contributed by atoms with Gasteiger partial charge in [-0.2, -0.15) is 10.1 Å². The van der Waals surface area contributed by atoms with E-state index in [2.05, 4.69) is 44.5 Å². The smallest absolute Gasteiger partial charge is 0.251 e. The van der Waals surface area contributed by atoms with Gasteiger partial charge in [0.2, 0.25) is 11.7 Å². The van der Waals surface area contributed by atoms with Crippen LogP contribution in [-0.4, -0.2) is 31.2 Å². The van der Waals surface area contributed by atoms with Crippen LogP contribution in [0.1, 0.15) is 48.1 Å². The number of amides is 1. The molecule has 1 amide bonds. The lowest BCUT2D eigenvalue weighted by Gasteiger charge is -2.17. The van der Waals surface area contributed by atoms with Crippen molar-refractivity contribution in [3.05, 3.63) is 47.6 Å². The predicted molar refractivity (Wildman–Crippen MR) is 101 cm³/mol. The average molecular weight is 392 g/mol. The molecule has 0 aliphatic carbocycles. The number of aromatic nitrogens is 5. The van der Waals surface area contributed by atoms with E-state index < -0.39 is 6.04 Å².